The van der Waals surface area contributed by atoms with E-state index in [1.54, 1.807) is 0 Å². The zero-order valence-corrected chi connectivity index (χ0v) is 8.25. The van der Waals surface area contributed by atoms with E-state index >= 15 is 0 Å². The van der Waals surface area contributed by atoms with E-state index in [2.05, 4.69) is 0 Å². The van der Waals surface area contributed by atoms with E-state index in [-0.39, 0.29) is 0 Å². The quantitative estimate of drug-likeness (QED) is 0.674. The van der Waals surface area contributed by atoms with Crippen LogP contribution in [0.4, 0.5) is 0 Å². The van der Waals surface area contributed by atoms with Gasteiger partial charge in [0.05, 0.1) is 6.26 Å². The van der Waals surface area contributed by atoms with Crippen molar-refractivity contribution >= 4 is 16.0 Å². The molecule has 13 heavy (non-hydrogen) atoms. The first kappa shape index (κ1) is 10.5. The van der Waals surface area contributed by atoms with E-state index in [9.17, 15) is 13.2 Å². The molecule has 1 aliphatic rings. The smallest absolute Gasteiger partial charge is 0.318 e. The number of aliphatic carboxylic acids is 1. The predicted molar refractivity (Wildman–Crippen MR) is 46.8 cm³/mol. The number of hydrogen-bond donors (Lipinski definition) is 1. The Balaban J connectivity index is 2.57. The fourth-order valence-electron chi connectivity index (χ4n) is 1.06. The van der Waals surface area contributed by atoms with Gasteiger partial charge in [0.2, 0.25) is 10.0 Å². The minimum Gasteiger partial charge on any atom is -0.480 e. The Morgan fingerprint density at radius 1 is 1.54 bits per heavy atom. The molecule has 76 valence electrons. The third-order valence-electron chi connectivity index (χ3n) is 1.94. The van der Waals surface area contributed by atoms with Crippen molar-refractivity contribution in [3.8, 4) is 0 Å². The number of carboxylic acids is 1. The summed E-state index contributed by atoms with van der Waals surface area (Å²) in [6.07, 6.45) is 3.05. The molecule has 0 aromatic rings. The van der Waals surface area contributed by atoms with Gasteiger partial charge in [0, 0.05) is 6.54 Å². The lowest BCUT2D eigenvalue weighted by atomic mass is 10.4. The number of nitrogens with zero attached hydrogens (tertiary/aromatic N) is 1. The topological polar surface area (TPSA) is 74.7 Å². The normalized spacial score (nSPS) is 17.7. The van der Waals surface area contributed by atoms with Gasteiger partial charge in [-0.3, -0.25) is 4.79 Å². The fourth-order valence-corrected chi connectivity index (χ4v) is 1.88. The summed E-state index contributed by atoms with van der Waals surface area (Å²) in [7, 11) is -3.36. The Hall–Kier alpha value is -0.620. The fraction of sp³-hybridized carbons (Fsp3) is 0.857. The van der Waals surface area contributed by atoms with Gasteiger partial charge in [-0.1, -0.05) is 0 Å². The molecule has 0 aromatic heterocycles. The molecule has 0 amide bonds. The molecule has 0 radical (unpaired) electrons. The van der Waals surface area contributed by atoms with E-state index in [1.807, 2.05) is 0 Å². The number of carbonyl (C=O) groups is 1. The summed E-state index contributed by atoms with van der Waals surface area (Å²) in [5.41, 5.74) is 0. The van der Waals surface area contributed by atoms with Crippen LogP contribution in [0, 0.1) is 5.92 Å². The van der Waals surface area contributed by atoms with Gasteiger partial charge in [0.25, 0.3) is 0 Å². The van der Waals surface area contributed by atoms with Crippen LogP contribution in [0.2, 0.25) is 0 Å². The molecule has 1 N–H and O–H groups in total. The molecule has 0 heterocycles. The number of carboxylic acid groups (broad SMARTS) is 1. The lowest BCUT2D eigenvalue weighted by molar-refractivity contribution is -0.137. The monoisotopic (exact) mass is 207 g/mol. The van der Waals surface area contributed by atoms with E-state index in [4.69, 9.17) is 5.11 Å². The first-order valence-corrected chi connectivity index (χ1v) is 5.91. The predicted octanol–water partition coefficient (Wildman–Crippen LogP) is -0.257. The van der Waals surface area contributed by atoms with E-state index < -0.39 is 22.5 Å². The molecule has 5 nitrogen and oxygen atoms in total. The van der Waals surface area contributed by atoms with Gasteiger partial charge in [-0.25, -0.2) is 8.42 Å². The van der Waals surface area contributed by atoms with Crippen molar-refractivity contribution in [1.29, 1.82) is 0 Å². The lowest BCUT2D eigenvalue weighted by Crippen LogP contribution is -2.36. The van der Waals surface area contributed by atoms with Crippen LogP contribution in [0.3, 0.4) is 0 Å². The van der Waals surface area contributed by atoms with Crippen molar-refractivity contribution in [1.82, 2.24) is 4.31 Å². The highest BCUT2D eigenvalue weighted by Gasteiger charge is 2.29. The van der Waals surface area contributed by atoms with Gasteiger partial charge in [0.15, 0.2) is 0 Å². The lowest BCUT2D eigenvalue weighted by Gasteiger charge is -2.16. The minimum absolute atomic E-state index is 0.352. The Bertz CT molecular complexity index is 294. The van der Waals surface area contributed by atoms with Gasteiger partial charge in [-0.15, -0.1) is 0 Å². The maximum absolute atomic E-state index is 11.1. The van der Waals surface area contributed by atoms with Crippen molar-refractivity contribution in [3.63, 3.8) is 0 Å². The molecule has 6 heteroatoms. The van der Waals surface area contributed by atoms with Crippen LogP contribution in [-0.2, 0) is 14.8 Å². The molecule has 0 aliphatic heterocycles. The second kappa shape index (κ2) is 3.63. The van der Waals surface area contributed by atoms with Crippen molar-refractivity contribution in [2.24, 2.45) is 5.92 Å². The second-order valence-electron chi connectivity index (χ2n) is 3.39. The highest BCUT2D eigenvalue weighted by molar-refractivity contribution is 7.88. The molecular formula is C7H13NO4S. The minimum atomic E-state index is -3.36. The van der Waals surface area contributed by atoms with Crippen molar-refractivity contribution in [2.75, 3.05) is 19.3 Å². The molecular weight excluding hydrogens is 194 g/mol. The van der Waals surface area contributed by atoms with Crippen molar-refractivity contribution in [3.05, 3.63) is 0 Å². The summed E-state index contributed by atoms with van der Waals surface area (Å²) in [6, 6.07) is 0. The Kier molecular flexibility index (Phi) is 2.92. The number of rotatable bonds is 5. The molecule has 0 atom stereocenters. The first-order valence-electron chi connectivity index (χ1n) is 4.06. The van der Waals surface area contributed by atoms with Crippen LogP contribution in [0.15, 0.2) is 0 Å². The van der Waals surface area contributed by atoms with E-state index in [1.165, 1.54) is 0 Å². The third-order valence-corrected chi connectivity index (χ3v) is 3.16. The largest absolute Gasteiger partial charge is 0.480 e. The van der Waals surface area contributed by atoms with Crippen molar-refractivity contribution in [2.45, 2.75) is 12.8 Å². The van der Waals surface area contributed by atoms with E-state index in [0.29, 0.717) is 12.5 Å². The molecule has 0 bridgehead atoms. The SMILES string of the molecule is CS(=O)(=O)N(CC(=O)O)CC1CC1. The zero-order chi connectivity index (χ0) is 10.1. The Morgan fingerprint density at radius 3 is 2.38 bits per heavy atom. The number of hydrogen-bond acceptors (Lipinski definition) is 3. The summed E-state index contributed by atoms with van der Waals surface area (Å²) in [4.78, 5) is 10.4. The van der Waals surface area contributed by atoms with Gasteiger partial charge in [-0.05, 0) is 18.8 Å². The van der Waals surface area contributed by atoms with Crippen LogP contribution < -0.4 is 0 Å². The average Bonchev–Trinajstić information content (AvgIpc) is 2.66. The molecule has 0 aromatic carbocycles. The average molecular weight is 207 g/mol. The van der Waals surface area contributed by atoms with Gasteiger partial charge in [-0.2, -0.15) is 4.31 Å². The maximum Gasteiger partial charge on any atom is 0.318 e. The molecule has 0 unspecified atom stereocenters. The van der Waals surface area contributed by atoms with Crippen molar-refractivity contribution < 1.29 is 18.3 Å². The van der Waals surface area contributed by atoms with Crippen LogP contribution in [0.25, 0.3) is 0 Å². The van der Waals surface area contributed by atoms with Crippen LogP contribution in [0.1, 0.15) is 12.8 Å². The third kappa shape index (κ3) is 3.73. The molecule has 0 saturated heterocycles. The first-order chi connectivity index (χ1) is 5.89. The van der Waals surface area contributed by atoms with Crippen LogP contribution >= 0.6 is 0 Å². The summed E-state index contributed by atoms with van der Waals surface area (Å²) >= 11 is 0. The van der Waals surface area contributed by atoms with Crippen LogP contribution in [-0.4, -0.2) is 43.1 Å². The molecule has 1 aliphatic carbocycles. The zero-order valence-electron chi connectivity index (χ0n) is 7.43. The second-order valence-corrected chi connectivity index (χ2v) is 5.38. The number of sulfonamides is 1. The highest BCUT2D eigenvalue weighted by atomic mass is 32.2. The Labute approximate surface area is 77.4 Å². The maximum atomic E-state index is 11.1. The van der Waals surface area contributed by atoms with Gasteiger partial charge >= 0.3 is 5.97 Å². The Morgan fingerprint density at radius 2 is 2.08 bits per heavy atom. The standard InChI is InChI=1S/C7H13NO4S/c1-13(11,12)8(5-7(9)10)4-6-2-3-6/h6H,2-5H2,1H3,(H,9,10). The van der Waals surface area contributed by atoms with E-state index in [0.717, 1.165) is 23.4 Å². The molecule has 0 spiro atoms. The van der Waals surface area contributed by atoms with Crippen LogP contribution in [0.5, 0.6) is 0 Å². The van der Waals surface area contributed by atoms with Gasteiger partial charge in [0.1, 0.15) is 6.54 Å². The highest BCUT2D eigenvalue weighted by Crippen LogP contribution is 2.30. The molecule has 1 fully saturated rings. The summed E-state index contributed by atoms with van der Waals surface area (Å²) < 4.78 is 23.2. The summed E-state index contributed by atoms with van der Waals surface area (Å²) in [5, 5.41) is 8.47. The van der Waals surface area contributed by atoms with Gasteiger partial charge < -0.3 is 5.11 Å². The summed E-state index contributed by atoms with van der Waals surface area (Å²) in [6.45, 7) is -0.0690. The summed E-state index contributed by atoms with van der Waals surface area (Å²) in [5.74, 6) is -0.736. The molecule has 1 rings (SSSR count). The molecule has 1 saturated carbocycles.